The summed E-state index contributed by atoms with van der Waals surface area (Å²) in [7, 11) is 1.59. The van der Waals surface area contributed by atoms with E-state index in [9.17, 15) is 9.59 Å². The van der Waals surface area contributed by atoms with E-state index in [1.165, 1.54) is 10.5 Å². The maximum Gasteiger partial charge on any atom is 0.251 e. The monoisotopic (exact) mass is 379 g/mol. The van der Waals surface area contributed by atoms with E-state index >= 15 is 0 Å². The molecule has 0 aliphatic carbocycles. The van der Waals surface area contributed by atoms with Gasteiger partial charge in [0.1, 0.15) is 5.75 Å². The lowest BCUT2D eigenvalue weighted by Crippen LogP contribution is -2.52. The number of amides is 2. The molecule has 6 nitrogen and oxygen atoms in total. The van der Waals surface area contributed by atoms with Crippen LogP contribution in [0.1, 0.15) is 12.0 Å². The Morgan fingerprint density at radius 3 is 2.25 bits per heavy atom. The summed E-state index contributed by atoms with van der Waals surface area (Å²) in [6, 6.07) is 17.1. The van der Waals surface area contributed by atoms with Crippen molar-refractivity contribution in [1.29, 1.82) is 0 Å². The molecule has 2 aromatic rings. The van der Waals surface area contributed by atoms with Gasteiger partial charge in [-0.05, 0) is 29.8 Å². The molecule has 0 bridgehead atoms. The van der Waals surface area contributed by atoms with E-state index in [0.717, 1.165) is 32.7 Å². The number of anilines is 1. The highest BCUT2D eigenvalue weighted by molar-refractivity contribution is 6.22. The number of benzene rings is 2. The average Bonchev–Trinajstić information content (AvgIpc) is 3.03. The zero-order chi connectivity index (χ0) is 19.5. The van der Waals surface area contributed by atoms with Crippen molar-refractivity contribution < 1.29 is 14.3 Å². The highest BCUT2D eigenvalue weighted by Crippen LogP contribution is 2.28. The van der Waals surface area contributed by atoms with Gasteiger partial charge in [0.15, 0.2) is 0 Å². The van der Waals surface area contributed by atoms with Crippen LogP contribution >= 0.6 is 0 Å². The van der Waals surface area contributed by atoms with Gasteiger partial charge in [-0.1, -0.05) is 30.3 Å². The number of ether oxygens (including phenoxy) is 1. The minimum absolute atomic E-state index is 0.119. The molecular weight excluding hydrogens is 354 g/mol. The first-order chi connectivity index (χ1) is 13.7. The van der Waals surface area contributed by atoms with E-state index in [0.29, 0.717) is 11.4 Å². The Balaban J connectivity index is 1.37. The number of rotatable bonds is 5. The van der Waals surface area contributed by atoms with Gasteiger partial charge < -0.3 is 4.74 Å². The second-order valence-corrected chi connectivity index (χ2v) is 7.28. The normalized spacial score (nSPS) is 21.3. The van der Waals surface area contributed by atoms with Crippen LogP contribution in [0.4, 0.5) is 5.69 Å². The minimum Gasteiger partial charge on any atom is -0.497 e. The van der Waals surface area contributed by atoms with Crippen LogP contribution in [0.3, 0.4) is 0 Å². The van der Waals surface area contributed by atoms with E-state index in [-0.39, 0.29) is 24.3 Å². The van der Waals surface area contributed by atoms with Crippen LogP contribution in [0.25, 0.3) is 0 Å². The van der Waals surface area contributed by atoms with Crippen molar-refractivity contribution in [2.45, 2.75) is 19.0 Å². The Morgan fingerprint density at radius 1 is 0.929 bits per heavy atom. The van der Waals surface area contributed by atoms with Crippen molar-refractivity contribution in [2.24, 2.45) is 0 Å². The number of carbonyl (C=O) groups is 2. The Hall–Kier alpha value is -2.70. The highest BCUT2D eigenvalue weighted by Gasteiger charge is 2.43. The molecule has 146 valence electrons. The smallest absolute Gasteiger partial charge is 0.251 e. The minimum atomic E-state index is -0.353. The molecule has 0 spiro atoms. The summed E-state index contributed by atoms with van der Waals surface area (Å²) >= 11 is 0. The lowest BCUT2D eigenvalue weighted by atomic mass is 10.1. The van der Waals surface area contributed by atoms with Gasteiger partial charge in [0.2, 0.25) is 5.91 Å². The highest BCUT2D eigenvalue weighted by atomic mass is 16.5. The quantitative estimate of drug-likeness (QED) is 0.745. The van der Waals surface area contributed by atoms with Gasteiger partial charge >= 0.3 is 0 Å². The van der Waals surface area contributed by atoms with Crippen molar-refractivity contribution in [3.8, 4) is 5.75 Å². The molecular formula is C22H25N3O3. The molecule has 6 heteroatoms. The number of methoxy groups -OCH3 is 1. The zero-order valence-corrected chi connectivity index (χ0v) is 16.1. The summed E-state index contributed by atoms with van der Waals surface area (Å²) in [5.41, 5.74) is 1.91. The van der Waals surface area contributed by atoms with E-state index in [1.54, 1.807) is 31.4 Å². The molecule has 2 aromatic carbocycles. The largest absolute Gasteiger partial charge is 0.497 e. The van der Waals surface area contributed by atoms with Crippen LogP contribution in [0.2, 0.25) is 0 Å². The summed E-state index contributed by atoms with van der Waals surface area (Å²) in [5, 5.41) is 0. The molecule has 1 atom stereocenters. The fraction of sp³-hybridized carbons (Fsp3) is 0.364. The first-order valence-corrected chi connectivity index (χ1v) is 9.67. The second-order valence-electron chi connectivity index (χ2n) is 7.28. The van der Waals surface area contributed by atoms with Crippen LogP contribution in [-0.2, 0) is 16.1 Å². The maximum atomic E-state index is 13.0. The third-order valence-corrected chi connectivity index (χ3v) is 5.55. The average molecular weight is 379 g/mol. The van der Waals surface area contributed by atoms with Crippen LogP contribution in [-0.4, -0.2) is 60.9 Å². The summed E-state index contributed by atoms with van der Waals surface area (Å²) in [5.74, 6) is 0.451. The molecule has 0 unspecified atom stereocenters. The molecule has 28 heavy (non-hydrogen) atoms. The number of hydrogen-bond acceptors (Lipinski definition) is 5. The predicted octanol–water partition coefficient (Wildman–Crippen LogP) is 2.14. The molecule has 0 N–H and O–H groups in total. The molecule has 4 rings (SSSR count). The van der Waals surface area contributed by atoms with Crippen LogP contribution in [0, 0.1) is 0 Å². The van der Waals surface area contributed by atoms with Crippen molar-refractivity contribution in [3.63, 3.8) is 0 Å². The van der Waals surface area contributed by atoms with E-state index < -0.39 is 0 Å². The first-order valence-electron chi connectivity index (χ1n) is 9.67. The number of imide groups is 1. The Labute approximate surface area is 165 Å². The molecule has 2 fully saturated rings. The SMILES string of the molecule is COc1ccc(N2C(=O)C[C@@H](N3CCN(Cc4ccccc4)CC3)C2=O)cc1. The maximum absolute atomic E-state index is 13.0. The molecule has 0 radical (unpaired) electrons. The van der Waals surface area contributed by atoms with Gasteiger partial charge in [0.05, 0.1) is 25.3 Å². The fourth-order valence-corrected chi connectivity index (χ4v) is 3.98. The topological polar surface area (TPSA) is 53.1 Å². The third kappa shape index (κ3) is 3.79. The van der Waals surface area contributed by atoms with Gasteiger partial charge in [-0.25, -0.2) is 4.90 Å². The van der Waals surface area contributed by atoms with Crippen LogP contribution in [0.5, 0.6) is 5.75 Å². The van der Waals surface area contributed by atoms with Crippen LogP contribution < -0.4 is 9.64 Å². The number of carbonyl (C=O) groups excluding carboxylic acids is 2. The van der Waals surface area contributed by atoms with E-state index in [1.807, 2.05) is 6.07 Å². The second kappa shape index (κ2) is 8.12. The fourth-order valence-electron chi connectivity index (χ4n) is 3.98. The zero-order valence-electron chi connectivity index (χ0n) is 16.1. The Kier molecular flexibility index (Phi) is 5.41. The van der Waals surface area contributed by atoms with Gasteiger partial charge in [0.25, 0.3) is 5.91 Å². The van der Waals surface area contributed by atoms with Gasteiger partial charge in [0, 0.05) is 32.7 Å². The molecule has 2 aliphatic rings. The number of piperazine rings is 1. The predicted molar refractivity (Wildman–Crippen MR) is 107 cm³/mol. The van der Waals surface area contributed by atoms with E-state index in [2.05, 4.69) is 34.1 Å². The number of nitrogens with zero attached hydrogens (tertiary/aromatic N) is 3. The molecule has 0 saturated carbocycles. The lowest BCUT2D eigenvalue weighted by Gasteiger charge is -2.37. The summed E-state index contributed by atoms with van der Waals surface area (Å²) in [4.78, 5) is 31.4. The molecule has 2 heterocycles. The van der Waals surface area contributed by atoms with Crippen molar-refractivity contribution in [1.82, 2.24) is 9.80 Å². The summed E-state index contributed by atoms with van der Waals surface area (Å²) in [6.45, 7) is 4.31. The molecule has 2 saturated heterocycles. The lowest BCUT2D eigenvalue weighted by molar-refractivity contribution is -0.123. The number of hydrogen-bond donors (Lipinski definition) is 0. The standard InChI is InChI=1S/C22H25N3O3/c1-28-19-9-7-18(8-10-19)25-21(26)15-20(22(25)27)24-13-11-23(12-14-24)16-17-5-3-2-4-6-17/h2-10,20H,11-16H2,1H3/t20-/m1/s1. The van der Waals surface area contributed by atoms with Crippen molar-refractivity contribution in [3.05, 3.63) is 60.2 Å². The van der Waals surface area contributed by atoms with Gasteiger partial charge in [-0.2, -0.15) is 0 Å². The third-order valence-electron chi connectivity index (χ3n) is 5.55. The van der Waals surface area contributed by atoms with Crippen molar-refractivity contribution >= 4 is 17.5 Å². The van der Waals surface area contributed by atoms with Gasteiger partial charge in [-0.15, -0.1) is 0 Å². The molecule has 0 aromatic heterocycles. The summed E-state index contributed by atoms with van der Waals surface area (Å²) < 4.78 is 5.15. The molecule has 2 amide bonds. The Bertz CT molecular complexity index is 830. The van der Waals surface area contributed by atoms with Gasteiger partial charge in [-0.3, -0.25) is 19.4 Å². The molecule has 2 aliphatic heterocycles. The van der Waals surface area contributed by atoms with E-state index in [4.69, 9.17) is 4.74 Å². The van der Waals surface area contributed by atoms with Crippen LogP contribution in [0.15, 0.2) is 54.6 Å². The van der Waals surface area contributed by atoms with Crippen molar-refractivity contribution in [2.75, 3.05) is 38.2 Å². The first kappa shape index (κ1) is 18.7. The Morgan fingerprint density at radius 2 is 1.61 bits per heavy atom. The summed E-state index contributed by atoms with van der Waals surface area (Å²) in [6.07, 6.45) is 0.254.